The van der Waals surface area contributed by atoms with Crippen LogP contribution in [-0.4, -0.2) is 45.5 Å². The average molecular weight is 374 g/mol. The molecule has 0 atom stereocenters. The van der Waals surface area contributed by atoms with Crippen LogP contribution in [0.1, 0.15) is 5.56 Å². The van der Waals surface area contributed by atoms with Crippen molar-refractivity contribution in [1.82, 2.24) is 4.90 Å². The smallest absolute Gasteiger partial charge is 0.330 e. The lowest BCUT2D eigenvalue weighted by Crippen LogP contribution is -2.34. The molecule has 134 valence electrons. The van der Waals surface area contributed by atoms with Crippen molar-refractivity contribution in [2.24, 2.45) is 4.40 Å². The molecule has 0 N–H and O–H groups in total. The Morgan fingerprint density at radius 2 is 1.96 bits per heavy atom. The van der Waals surface area contributed by atoms with Gasteiger partial charge in [0.25, 0.3) is 10.0 Å². The molecule has 0 unspecified atom stereocenters. The number of benzene rings is 2. The summed E-state index contributed by atoms with van der Waals surface area (Å²) in [5, 5.41) is 0. The van der Waals surface area contributed by atoms with Gasteiger partial charge in [-0.3, -0.25) is 0 Å². The highest BCUT2D eigenvalue weighted by molar-refractivity contribution is 7.90. The number of hydrogen-bond acceptors (Lipinski definition) is 7. The predicted octanol–water partition coefficient (Wildman–Crippen LogP) is 1.40. The molecule has 4 rings (SSSR count). The van der Waals surface area contributed by atoms with Crippen molar-refractivity contribution in [3.63, 3.8) is 0 Å². The van der Waals surface area contributed by atoms with Crippen LogP contribution in [-0.2, 0) is 14.8 Å². The lowest BCUT2D eigenvalue weighted by Gasteiger charge is -2.17. The van der Waals surface area contributed by atoms with Gasteiger partial charge in [-0.15, -0.1) is 4.40 Å². The highest BCUT2D eigenvalue weighted by Gasteiger charge is 2.31. The normalized spacial score (nSPS) is 16.0. The Morgan fingerprint density at radius 1 is 1.19 bits per heavy atom. The summed E-state index contributed by atoms with van der Waals surface area (Å²) >= 11 is 0. The molecule has 2 heterocycles. The van der Waals surface area contributed by atoms with Crippen molar-refractivity contribution in [1.29, 1.82) is 0 Å². The topological polar surface area (TPSA) is 94.5 Å². The zero-order chi connectivity index (χ0) is 18.3. The van der Waals surface area contributed by atoms with Gasteiger partial charge in [-0.2, -0.15) is 8.42 Å². The van der Waals surface area contributed by atoms with Crippen molar-refractivity contribution >= 4 is 21.8 Å². The van der Waals surface area contributed by atoms with Crippen LogP contribution < -0.4 is 14.2 Å². The lowest BCUT2D eigenvalue weighted by molar-refractivity contribution is -0.134. The van der Waals surface area contributed by atoms with Crippen LogP contribution in [0.25, 0.3) is 0 Å². The van der Waals surface area contributed by atoms with E-state index in [0.29, 0.717) is 22.8 Å². The average Bonchev–Trinajstić information content (AvgIpc) is 3.17. The SMILES string of the molecule is CN(CC(=O)Oc1ccc2c(c1)OCO2)C1=NS(=O)(=O)c2ccccc21. The summed E-state index contributed by atoms with van der Waals surface area (Å²) in [6.07, 6.45) is 0. The molecule has 0 spiro atoms. The van der Waals surface area contributed by atoms with Gasteiger partial charge >= 0.3 is 5.97 Å². The van der Waals surface area contributed by atoms with Crippen LogP contribution in [0.5, 0.6) is 17.2 Å². The van der Waals surface area contributed by atoms with E-state index in [1.807, 2.05) is 0 Å². The summed E-state index contributed by atoms with van der Waals surface area (Å²) < 4.78 is 43.7. The Balaban J connectivity index is 1.48. The van der Waals surface area contributed by atoms with E-state index in [2.05, 4.69) is 4.40 Å². The van der Waals surface area contributed by atoms with Crippen LogP contribution >= 0.6 is 0 Å². The fraction of sp³-hybridized carbons (Fsp3) is 0.176. The van der Waals surface area contributed by atoms with E-state index in [4.69, 9.17) is 14.2 Å². The van der Waals surface area contributed by atoms with E-state index in [-0.39, 0.29) is 24.1 Å². The molecule has 0 saturated carbocycles. The first-order valence-corrected chi connectivity index (χ1v) is 9.14. The Bertz CT molecular complexity index is 1030. The van der Waals surface area contributed by atoms with Crippen molar-refractivity contribution in [3.8, 4) is 17.2 Å². The second-order valence-corrected chi connectivity index (χ2v) is 7.30. The van der Waals surface area contributed by atoms with E-state index < -0.39 is 16.0 Å². The maximum absolute atomic E-state index is 12.2. The van der Waals surface area contributed by atoms with Crippen LogP contribution in [0.3, 0.4) is 0 Å². The minimum atomic E-state index is -3.74. The van der Waals surface area contributed by atoms with Gasteiger partial charge in [-0.1, -0.05) is 12.1 Å². The molecule has 26 heavy (non-hydrogen) atoms. The maximum Gasteiger partial charge on any atom is 0.330 e. The number of hydrogen-bond donors (Lipinski definition) is 0. The molecule has 0 fully saturated rings. The summed E-state index contributed by atoms with van der Waals surface area (Å²) in [4.78, 5) is 13.8. The molecule has 8 nitrogen and oxygen atoms in total. The zero-order valence-corrected chi connectivity index (χ0v) is 14.5. The highest BCUT2D eigenvalue weighted by Crippen LogP contribution is 2.35. The molecule has 0 saturated heterocycles. The molecule has 0 bridgehead atoms. The van der Waals surface area contributed by atoms with E-state index in [1.165, 1.54) is 11.0 Å². The summed E-state index contributed by atoms with van der Waals surface area (Å²) in [5.41, 5.74) is 0.464. The minimum Gasteiger partial charge on any atom is -0.454 e. The van der Waals surface area contributed by atoms with Crippen LogP contribution in [0.2, 0.25) is 0 Å². The highest BCUT2D eigenvalue weighted by atomic mass is 32.2. The molecular weight excluding hydrogens is 360 g/mol. The first kappa shape index (κ1) is 16.4. The van der Waals surface area contributed by atoms with Gasteiger partial charge in [0.2, 0.25) is 6.79 Å². The Labute approximate surface area is 149 Å². The van der Waals surface area contributed by atoms with Gasteiger partial charge in [-0.25, -0.2) is 4.79 Å². The van der Waals surface area contributed by atoms with Crippen molar-refractivity contribution in [3.05, 3.63) is 48.0 Å². The third-order valence-electron chi connectivity index (χ3n) is 3.92. The van der Waals surface area contributed by atoms with E-state index >= 15 is 0 Å². The molecule has 2 aliphatic rings. The van der Waals surface area contributed by atoms with Crippen molar-refractivity contribution in [2.75, 3.05) is 20.4 Å². The van der Waals surface area contributed by atoms with Crippen LogP contribution in [0.4, 0.5) is 0 Å². The van der Waals surface area contributed by atoms with Gasteiger partial charge in [-0.05, 0) is 24.3 Å². The van der Waals surface area contributed by atoms with Gasteiger partial charge in [0.05, 0.1) is 0 Å². The monoisotopic (exact) mass is 374 g/mol. The van der Waals surface area contributed by atoms with E-state index in [0.717, 1.165) is 0 Å². The Hall–Kier alpha value is -3.07. The predicted molar refractivity (Wildman–Crippen MR) is 91.0 cm³/mol. The first-order chi connectivity index (χ1) is 12.4. The number of rotatable bonds is 3. The number of nitrogens with zero attached hydrogens (tertiary/aromatic N) is 2. The van der Waals surface area contributed by atoms with Crippen molar-refractivity contribution < 1.29 is 27.4 Å². The quantitative estimate of drug-likeness (QED) is 0.592. The Morgan fingerprint density at radius 3 is 2.81 bits per heavy atom. The number of ether oxygens (including phenoxy) is 3. The fourth-order valence-corrected chi connectivity index (χ4v) is 3.99. The Kier molecular flexibility index (Phi) is 3.80. The standard InChI is InChI=1S/C17H14N2O6S/c1-19(17-12-4-2-3-5-15(12)26(21,22)18-17)9-16(20)25-11-6-7-13-14(8-11)24-10-23-13/h2-8H,9-10H2,1H3. The van der Waals surface area contributed by atoms with Crippen molar-refractivity contribution in [2.45, 2.75) is 4.90 Å². The largest absolute Gasteiger partial charge is 0.454 e. The van der Waals surface area contributed by atoms with Gasteiger partial charge in [0.1, 0.15) is 17.2 Å². The first-order valence-electron chi connectivity index (χ1n) is 7.70. The zero-order valence-electron chi connectivity index (χ0n) is 13.7. The molecule has 2 aromatic carbocycles. The van der Waals surface area contributed by atoms with Gasteiger partial charge in [0.15, 0.2) is 17.3 Å². The molecule has 9 heteroatoms. The van der Waals surface area contributed by atoms with Gasteiger partial charge < -0.3 is 19.1 Å². The van der Waals surface area contributed by atoms with Crippen LogP contribution in [0, 0.1) is 0 Å². The van der Waals surface area contributed by atoms with E-state index in [9.17, 15) is 13.2 Å². The number of carbonyl (C=O) groups excluding carboxylic acids is 1. The summed E-state index contributed by atoms with van der Waals surface area (Å²) in [5.74, 6) is 1.06. The van der Waals surface area contributed by atoms with Gasteiger partial charge in [0, 0.05) is 18.7 Å². The molecule has 2 aliphatic heterocycles. The second-order valence-electron chi connectivity index (χ2n) is 5.73. The fourth-order valence-electron chi connectivity index (χ4n) is 2.74. The molecule has 0 radical (unpaired) electrons. The number of amidine groups is 1. The molecule has 0 aliphatic carbocycles. The number of fused-ring (bicyclic) bond motifs is 2. The molecule has 2 aromatic rings. The second kappa shape index (κ2) is 6.03. The molecule has 0 amide bonds. The summed E-state index contributed by atoms with van der Waals surface area (Å²) in [7, 11) is -2.16. The molecule has 0 aromatic heterocycles. The van der Waals surface area contributed by atoms with Crippen LogP contribution in [0.15, 0.2) is 51.8 Å². The molecular formula is C17H14N2O6S. The third kappa shape index (κ3) is 2.86. The maximum atomic E-state index is 12.2. The number of carbonyl (C=O) groups is 1. The van der Waals surface area contributed by atoms with E-state index in [1.54, 1.807) is 43.4 Å². The number of esters is 1. The summed E-state index contributed by atoms with van der Waals surface area (Å²) in [6.45, 7) is -0.0414. The summed E-state index contributed by atoms with van der Waals surface area (Å²) in [6, 6.07) is 11.3. The lowest BCUT2D eigenvalue weighted by atomic mass is 10.2. The third-order valence-corrected chi connectivity index (χ3v) is 5.24. The number of likely N-dealkylation sites (N-methyl/N-ethyl adjacent to an activating group) is 1. The number of sulfonamides is 1. The minimum absolute atomic E-state index is 0.128.